The molecule has 1 aliphatic rings. The van der Waals surface area contributed by atoms with Gasteiger partial charge in [-0.25, -0.2) is 4.98 Å². The summed E-state index contributed by atoms with van der Waals surface area (Å²) in [6, 6.07) is 15.1. The second-order valence-electron chi connectivity index (χ2n) is 8.50. The fourth-order valence-electron chi connectivity index (χ4n) is 4.54. The normalized spacial score (nSPS) is 14.8. The summed E-state index contributed by atoms with van der Waals surface area (Å²) >= 11 is 7.45. The number of para-hydroxylation sites is 2. The lowest BCUT2D eigenvalue weighted by Crippen LogP contribution is -2.40. The number of piperidine rings is 1. The Morgan fingerprint density at radius 2 is 1.94 bits per heavy atom. The molecular weight excluding hydrogens is 476 g/mol. The van der Waals surface area contributed by atoms with Gasteiger partial charge in [-0.2, -0.15) is 8.78 Å². The molecule has 0 atom stereocenters. The Balaban J connectivity index is 1.26. The number of rotatable bonds is 6. The van der Waals surface area contributed by atoms with Crippen LogP contribution in [0.5, 0.6) is 0 Å². The van der Waals surface area contributed by atoms with E-state index in [9.17, 15) is 8.78 Å². The van der Waals surface area contributed by atoms with Crippen LogP contribution in [0.1, 0.15) is 36.1 Å². The molecule has 1 aliphatic heterocycles. The Hall–Kier alpha value is -2.97. The van der Waals surface area contributed by atoms with Crippen LogP contribution in [0.3, 0.4) is 0 Å². The molecule has 0 unspecified atom stereocenters. The predicted molar refractivity (Wildman–Crippen MR) is 136 cm³/mol. The summed E-state index contributed by atoms with van der Waals surface area (Å²) in [5.41, 5.74) is 5.21. The van der Waals surface area contributed by atoms with Gasteiger partial charge >= 0.3 is 6.55 Å². The van der Waals surface area contributed by atoms with Crippen LogP contribution in [0.25, 0.3) is 11.0 Å². The number of hydrogen-bond acceptors (Lipinski definition) is 5. The van der Waals surface area contributed by atoms with Crippen molar-refractivity contribution >= 4 is 51.3 Å². The average molecular weight is 500 g/mol. The standard InChI is InChI=1S/C25H24ClF2N5S/c1-15-12-18(6-7-19(15)23(29)16-13-22(26)34-14-16)30-17-8-10-32(11-9-17)25-31-20-4-2-3-5-21(20)33(25)24(27)28/h2-7,12-14,17,24,29-30H,8-11H2,1H3. The number of aromatic nitrogens is 2. The Bertz CT molecular complexity index is 1340. The summed E-state index contributed by atoms with van der Waals surface area (Å²) in [5, 5.41) is 14.0. The van der Waals surface area contributed by atoms with Crippen molar-refractivity contribution in [3.05, 3.63) is 74.9 Å². The lowest BCUT2D eigenvalue weighted by Gasteiger charge is -2.33. The summed E-state index contributed by atoms with van der Waals surface area (Å²) in [6.07, 6.45) is 1.63. The van der Waals surface area contributed by atoms with Crippen LogP contribution in [0.4, 0.5) is 20.4 Å². The quantitative estimate of drug-likeness (QED) is 0.282. The zero-order valence-corrected chi connectivity index (χ0v) is 20.1. The van der Waals surface area contributed by atoms with Gasteiger partial charge in [0.05, 0.1) is 21.1 Å². The minimum Gasteiger partial charge on any atom is -0.382 e. The maximum atomic E-state index is 13.8. The van der Waals surface area contributed by atoms with Gasteiger partial charge < -0.3 is 10.2 Å². The van der Waals surface area contributed by atoms with Crippen LogP contribution in [-0.2, 0) is 0 Å². The first kappa shape index (κ1) is 22.8. The van der Waals surface area contributed by atoms with Crippen LogP contribution in [0.2, 0.25) is 4.34 Å². The van der Waals surface area contributed by atoms with Gasteiger partial charge in [0.2, 0.25) is 5.95 Å². The van der Waals surface area contributed by atoms with Crippen molar-refractivity contribution in [3.63, 3.8) is 0 Å². The average Bonchev–Trinajstić information content (AvgIpc) is 3.43. The highest BCUT2D eigenvalue weighted by molar-refractivity contribution is 7.14. The molecule has 1 fully saturated rings. The number of thiophene rings is 1. The van der Waals surface area contributed by atoms with Gasteiger partial charge in [0.15, 0.2) is 0 Å². The largest absolute Gasteiger partial charge is 0.382 e. The van der Waals surface area contributed by atoms with Gasteiger partial charge in [-0.1, -0.05) is 29.8 Å². The molecule has 9 heteroatoms. The smallest absolute Gasteiger partial charge is 0.321 e. The topological polar surface area (TPSA) is 56.9 Å². The van der Waals surface area contributed by atoms with Gasteiger partial charge in [-0.15, -0.1) is 11.3 Å². The minimum absolute atomic E-state index is 0.237. The minimum atomic E-state index is -2.64. The van der Waals surface area contributed by atoms with E-state index in [2.05, 4.69) is 16.4 Å². The molecular formula is C25H24ClF2N5S. The zero-order valence-electron chi connectivity index (χ0n) is 18.6. The number of benzene rings is 2. The van der Waals surface area contributed by atoms with E-state index in [1.165, 1.54) is 11.3 Å². The van der Waals surface area contributed by atoms with E-state index in [0.29, 0.717) is 40.1 Å². The molecule has 3 heterocycles. The van der Waals surface area contributed by atoms with Crippen LogP contribution >= 0.6 is 22.9 Å². The van der Waals surface area contributed by atoms with E-state index in [-0.39, 0.29) is 6.04 Å². The van der Waals surface area contributed by atoms with Crippen molar-refractivity contribution < 1.29 is 8.78 Å². The van der Waals surface area contributed by atoms with Gasteiger partial charge in [0, 0.05) is 41.3 Å². The van der Waals surface area contributed by atoms with Crippen LogP contribution in [-0.4, -0.2) is 34.4 Å². The van der Waals surface area contributed by atoms with E-state index >= 15 is 0 Å². The first-order chi connectivity index (χ1) is 16.4. The molecule has 1 saturated heterocycles. The maximum Gasteiger partial charge on any atom is 0.321 e. The highest BCUT2D eigenvalue weighted by atomic mass is 35.5. The third-order valence-electron chi connectivity index (χ3n) is 6.27. The molecule has 0 saturated carbocycles. The molecule has 176 valence electrons. The van der Waals surface area contributed by atoms with Gasteiger partial charge in [0.25, 0.3) is 0 Å². The third-order valence-corrected chi connectivity index (χ3v) is 7.36. The van der Waals surface area contributed by atoms with Gasteiger partial charge in [-0.05, 0) is 55.7 Å². The van der Waals surface area contributed by atoms with E-state index in [1.807, 2.05) is 41.5 Å². The van der Waals surface area contributed by atoms with E-state index in [1.54, 1.807) is 18.2 Å². The number of fused-ring (bicyclic) bond motifs is 1. The van der Waals surface area contributed by atoms with Crippen molar-refractivity contribution in [1.82, 2.24) is 9.55 Å². The highest BCUT2D eigenvalue weighted by Gasteiger charge is 2.26. The molecule has 2 aromatic heterocycles. The third kappa shape index (κ3) is 4.40. The number of hydrogen-bond donors (Lipinski definition) is 2. The molecule has 5 rings (SSSR count). The summed E-state index contributed by atoms with van der Waals surface area (Å²) in [6.45, 7) is 0.659. The highest BCUT2D eigenvalue weighted by Crippen LogP contribution is 2.31. The first-order valence-electron chi connectivity index (χ1n) is 11.1. The lowest BCUT2D eigenvalue weighted by molar-refractivity contribution is 0.0757. The monoisotopic (exact) mass is 499 g/mol. The number of anilines is 2. The van der Waals surface area contributed by atoms with Crippen LogP contribution < -0.4 is 10.2 Å². The zero-order chi connectivity index (χ0) is 23.8. The summed E-state index contributed by atoms with van der Waals surface area (Å²) < 4.78 is 29.3. The lowest BCUT2D eigenvalue weighted by atomic mass is 9.99. The molecule has 0 bridgehead atoms. The molecule has 0 spiro atoms. The second kappa shape index (κ2) is 9.35. The van der Waals surface area contributed by atoms with E-state index in [4.69, 9.17) is 17.0 Å². The number of nitrogens with one attached hydrogen (secondary N) is 2. The first-order valence-corrected chi connectivity index (χ1v) is 12.4. The Morgan fingerprint density at radius 1 is 1.18 bits per heavy atom. The molecule has 5 nitrogen and oxygen atoms in total. The van der Waals surface area contributed by atoms with E-state index < -0.39 is 6.55 Å². The predicted octanol–water partition coefficient (Wildman–Crippen LogP) is 6.95. The Kier molecular flexibility index (Phi) is 6.27. The van der Waals surface area contributed by atoms with Gasteiger partial charge in [0.1, 0.15) is 0 Å². The van der Waals surface area contributed by atoms with Crippen LogP contribution in [0, 0.1) is 12.3 Å². The van der Waals surface area contributed by atoms with Crippen molar-refractivity contribution in [3.8, 4) is 0 Å². The van der Waals surface area contributed by atoms with E-state index in [0.717, 1.165) is 39.8 Å². The van der Waals surface area contributed by atoms with Crippen molar-refractivity contribution in [2.24, 2.45) is 0 Å². The Morgan fingerprint density at radius 3 is 2.62 bits per heavy atom. The SMILES string of the molecule is Cc1cc(NC2CCN(c3nc4ccccc4n3C(F)F)CC2)ccc1C(=N)c1csc(Cl)c1. The molecule has 34 heavy (non-hydrogen) atoms. The summed E-state index contributed by atoms with van der Waals surface area (Å²) in [4.78, 5) is 6.44. The van der Waals surface area contributed by atoms with Crippen LogP contribution in [0.15, 0.2) is 53.9 Å². The molecule has 0 radical (unpaired) electrons. The molecule has 0 aliphatic carbocycles. The van der Waals surface area contributed by atoms with Gasteiger partial charge in [-0.3, -0.25) is 9.98 Å². The number of halogens is 3. The number of aryl methyl sites for hydroxylation is 1. The second-order valence-corrected chi connectivity index (χ2v) is 10.0. The maximum absolute atomic E-state index is 13.8. The molecule has 2 N–H and O–H groups in total. The number of nitrogens with zero attached hydrogens (tertiary/aromatic N) is 3. The molecule has 0 amide bonds. The molecule has 4 aromatic rings. The van der Waals surface area contributed by atoms with Crippen molar-refractivity contribution in [2.75, 3.05) is 23.3 Å². The number of imidazole rings is 1. The fraction of sp³-hybridized carbons (Fsp3) is 0.280. The van der Waals surface area contributed by atoms with Crippen molar-refractivity contribution in [1.29, 1.82) is 5.41 Å². The van der Waals surface area contributed by atoms with Crippen molar-refractivity contribution in [2.45, 2.75) is 32.4 Å². The summed E-state index contributed by atoms with van der Waals surface area (Å²) in [5.74, 6) is 0.335. The fourth-order valence-corrected chi connectivity index (χ4v) is 5.41. The number of alkyl halides is 2. The Labute approximate surface area is 205 Å². The summed E-state index contributed by atoms with van der Waals surface area (Å²) in [7, 11) is 0. The molecule has 2 aromatic carbocycles.